The van der Waals surface area contributed by atoms with Gasteiger partial charge in [-0.05, 0) is 6.16 Å². The lowest BCUT2D eigenvalue weighted by atomic mass is 10.5. The van der Waals surface area contributed by atoms with E-state index < -0.39 is 6.16 Å². The highest BCUT2D eigenvalue weighted by molar-refractivity contribution is 5.47. The molecule has 0 saturated carbocycles. The van der Waals surface area contributed by atoms with E-state index in [1.165, 1.54) is 0 Å². The van der Waals surface area contributed by atoms with Crippen LogP contribution in [0.1, 0.15) is 12.8 Å². The molecule has 0 spiro atoms. The van der Waals surface area contributed by atoms with E-state index in [2.05, 4.69) is 11.5 Å². The van der Waals surface area contributed by atoms with Crippen molar-refractivity contribution in [1.82, 2.24) is 0 Å². The molecule has 0 aliphatic heterocycles. The first-order chi connectivity index (χ1) is 7.56. The van der Waals surface area contributed by atoms with Crippen LogP contribution in [0.3, 0.4) is 0 Å². The molecule has 0 aliphatic carbocycles. The molecule has 0 heterocycles. The molecule has 100 valence electrons. The summed E-state index contributed by atoms with van der Waals surface area (Å²) in [5.41, 5.74) is 7.29. The number of ether oxygens (including phenoxy) is 2. The van der Waals surface area contributed by atoms with E-state index in [1.54, 1.807) is 14.2 Å². The second-order valence-electron chi connectivity index (χ2n) is 2.65. The van der Waals surface area contributed by atoms with Crippen LogP contribution in [-0.2, 0) is 9.47 Å². The van der Waals surface area contributed by atoms with Crippen LogP contribution >= 0.6 is 0 Å². The molecule has 0 aliphatic rings. The summed E-state index contributed by atoms with van der Waals surface area (Å²) in [6.07, 6.45) is -0.174. The molecule has 0 aromatic carbocycles. The first-order valence-corrected chi connectivity index (χ1v) is 5.01. The maximum absolute atomic E-state index is 8.33. The molecule has 6 N–H and O–H groups in total. The molecule has 0 unspecified atom stereocenters. The lowest BCUT2D eigenvalue weighted by Crippen LogP contribution is -2.50. The number of hydrogen-bond donors (Lipinski definition) is 2. The number of methoxy groups -OCH3 is 2. The Labute approximate surface area is 96.3 Å². The zero-order chi connectivity index (χ0) is 13.2. The second kappa shape index (κ2) is 23.7. The monoisotopic (exact) mass is 240 g/mol. The molecule has 0 saturated heterocycles. The number of carbonyl (C=O) groups is 1. The van der Waals surface area contributed by atoms with Gasteiger partial charge >= 0.3 is 0 Å². The third-order valence-electron chi connectivity index (χ3n) is 1.20. The minimum absolute atomic E-state index is 0.851. The molecule has 7 nitrogen and oxygen atoms in total. The number of hydrogen-bond acceptors (Lipinski definition) is 5. The highest BCUT2D eigenvalue weighted by Gasteiger charge is 1.77. The SMILES string of the molecule is COCCC[NH3+].COCCC[NH3+].O=C([O-])[O-]. The summed E-state index contributed by atoms with van der Waals surface area (Å²) >= 11 is 0. The predicted molar refractivity (Wildman–Crippen MR) is 53.9 cm³/mol. The molecule has 0 radical (unpaired) electrons. The van der Waals surface area contributed by atoms with Crippen molar-refractivity contribution in [2.45, 2.75) is 12.8 Å². The topological polar surface area (TPSA) is 137 Å². The van der Waals surface area contributed by atoms with Crippen molar-refractivity contribution in [3.63, 3.8) is 0 Å². The van der Waals surface area contributed by atoms with Crippen LogP contribution in [0.4, 0.5) is 4.79 Å². The molecule has 0 fully saturated rings. The van der Waals surface area contributed by atoms with Crippen molar-refractivity contribution >= 4 is 6.16 Å². The van der Waals surface area contributed by atoms with Gasteiger partial charge in [-0.3, -0.25) is 0 Å². The fraction of sp³-hybridized carbons (Fsp3) is 0.889. The Morgan fingerprint density at radius 3 is 1.31 bits per heavy atom. The van der Waals surface area contributed by atoms with Crippen molar-refractivity contribution in [3.8, 4) is 0 Å². The minimum Gasteiger partial charge on any atom is -0.652 e. The Hall–Kier alpha value is -0.890. The number of rotatable bonds is 6. The van der Waals surface area contributed by atoms with Crippen LogP contribution in [0.25, 0.3) is 0 Å². The van der Waals surface area contributed by atoms with E-state index in [4.69, 9.17) is 24.5 Å². The zero-order valence-electron chi connectivity index (χ0n) is 10.2. The van der Waals surface area contributed by atoms with Gasteiger partial charge in [-0.15, -0.1) is 0 Å². The molecular weight excluding hydrogens is 216 g/mol. The standard InChI is InChI=1S/2C4H11NO.CH2O3/c2*1-6-4-2-3-5;2-1(3)4/h2*2-5H2,1H3;(H2,2,3,4). The summed E-state index contributed by atoms with van der Waals surface area (Å²) in [6, 6.07) is 0. The first kappa shape index (κ1) is 20.5. The first-order valence-electron chi connectivity index (χ1n) is 5.01. The molecule has 0 amide bonds. The summed E-state index contributed by atoms with van der Waals surface area (Å²) in [5, 5.41) is 16.7. The fourth-order valence-electron chi connectivity index (χ4n) is 0.493. The fourth-order valence-corrected chi connectivity index (χ4v) is 0.493. The van der Waals surface area contributed by atoms with E-state index in [1.807, 2.05) is 0 Å². The Bertz CT molecular complexity index is 104. The maximum Gasteiger partial charge on any atom is 0.0762 e. The van der Waals surface area contributed by atoms with Crippen LogP contribution in [0.15, 0.2) is 0 Å². The highest BCUT2D eigenvalue weighted by atomic mass is 16.6. The molecule has 0 aromatic heterocycles. The number of carbonyl (C=O) groups excluding carboxylic acids is 1. The lowest BCUT2D eigenvalue weighted by Gasteiger charge is -1.96. The quantitative estimate of drug-likeness (QED) is 0.457. The Morgan fingerprint density at radius 2 is 1.25 bits per heavy atom. The molecular formula is C9H24N2O5. The Kier molecular flexibility index (Phi) is 30.4. The predicted octanol–water partition coefficient (Wildman–Crippen LogP) is -3.92. The number of quaternary nitrogens is 2. The molecule has 0 atom stereocenters. The van der Waals surface area contributed by atoms with Gasteiger partial charge in [0.1, 0.15) is 0 Å². The van der Waals surface area contributed by atoms with Crippen molar-refractivity contribution in [2.75, 3.05) is 40.5 Å². The van der Waals surface area contributed by atoms with E-state index >= 15 is 0 Å². The minimum atomic E-state index is -2.33. The van der Waals surface area contributed by atoms with Gasteiger partial charge in [0.15, 0.2) is 0 Å². The largest absolute Gasteiger partial charge is 0.652 e. The van der Waals surface area contributed by atoms with Crippen LogP contribution in [0.5, 0.6) is 0 Å². The third-order valence-corrected chi connectivity index (χ3v) is 1.20. The molecule has 7 heteroatoms. The average molecular weight is 240 g/mol. The molecule has 16 heavy (non-hydrogen) atoms. The van der Waals surface area contributed by atoms with Crippen molar-refractivity contribution in [1.29, 1.82) is 0 Å². The maximum atomic E-state index is 8.33. The van der Waals surface area contributed by atoms with E-state index in [0.29, 0.717) is 0 Å². The van der Waals surface area contributed by atoms with E-state index in [-0.39, 0.29) is 0 Å². The molecule has 0 bridgehead atoms. The highest BCUT2D eigenvalue weighted by Crippen LogP contribution is 1.70. The van der Waals surface area contributed by atoms with Crippen molar-refractivity contribution in [2.24, 2.45) is 0 Å². The Balaban J connectivity index is -0.000000162. The van der Waals surface area contributed by atoms with E-state index in [0.717, 1.165) is 39.1 Å². The summed E-state index contributed by atoms with van der Waals surface area (Å²) in [4.78, 5) is 8.33. The van der Waals surface area contributed by atoms with Crippen LogP contribution in [-0.4, -0.2) is 46.7 Å². The third kappa shape index (κ3) is 73.6. The van der Waals surface area contributed by atoms with Gasteiger partial charge in [0, 0.05) is 27.1 Å². The van der Waals surface area contributed by atoms with Gasteiger partial charge < -0.3 is 35.9 Å². The van der Waals surface area contributed by atoms with Crippen LogP contribution in [0.2, 0.25) is 0 Å². The smallest absolute Gasteiger partial charge is 0.0762 e. The van der Waals surface area contributed by atoms with Gasteiger partial charge in [-0.25, -0.2) is 0 Å². The van der Waals surface area contributed by atoms with Crippen molar-refractivity contribution in [3.05, 3.63) is 0 Å². The second-order valence-corrected chi connectivity index (χ2v) is 2.65. The van der Waals surface area contributed by atoms with E-state index in [9.17, 15) is 0 Å². The summed E-state index contributed by atoms with van der Waals surface area (Å²) < 4.78 is 9.48. The summed E-state index contributed by atoms with van der Waals surface area (Å²) in [5.74, 6) is 0. The molecule has 0 rings (SSSR count). The van der Waals surface area contributed by atoms with Crippen LogP contribution in [0, 0.1) is 0 Å². The Morgan fingerprint density at radius 1 is 1.00 bits per heavy atom. The van der Waals surface area contributed by atoms with Gasteiger partial charge in [0.25, 0.3) is 0 Å². The normalized spacial score (nSPS) is 8.25. The zero-order valence-corrected chi connectivity index (χ0v) is 10.2. The van der Waals surface area contributed by atoms with Crippen molar-refractivity contribution < 1.29 is 35.9 Å². The average Bonchev–Trinajstić information content (AvgIpc) is 2.23. The summed E-state index contributed by atoms with van der Waals surface area (Å²) in [6.45, 7) is 3.66. The lowest BCUT2D eigenvalue weighted by molar-refractivity contribution is -0.415. The van der Waals surface area contributed by atoms with Crippen LogP contribution < -0.4 is 21.7 Å². The number of carboxylic acid groups (broad SMARTS) is 2. The van der Waals surface area contributed by atoms with Gasteiger partial charge in [-0.2, -0.15) is 0 Å². The molecule has 0 aromatic rings. The van der Waals surface area contributed by atoms with Gasteiger partial charge in [-0.1, -0.05) is 0 Å². The van der Waals surface area contributed by atoms with Gasteiger partial charge in [0.05, 0.1) is 26.3 Å². The van der Waals surface area contributed by atoms with Gasteiger partial charge in [0.2, 0.25) is 0 Å². The summed E-state index contributed by atoms with van der Waals surface area (Å²) in [7, 11) is 3.41.